The minimum atomic E-state index is -1.29. The van der Waals surface area contributed by atoms with Crippen LogP contribution in [0, 0.1) is 12.3 Å². The summed E-state index contributed by atoms with van der Waals surface area (Å²) in [6, 6.07) is 9.21. The molecule has 0 bridgehead atoms. The van der Waals surface area contributed by atoms with E-state index in [9.17, 15) is 9.90 Å². The van der Waals surface area contributed by atoms with E-state index in [4.69, 9.17) is 21.0 Å². The second kappa shape index (κ2) is 9.75. The van der Waals surface area contributed by atoms with Crippen LogP contribution in [0.5, 0.6) is 5.75 Å². The molecule has 0 saturated carbocycles. The van der Waals surface area contributed by atoms with Gasteiger partial charge < -0.3 is 30.8 Å². The fourth-order valence-corrected chi connectivity index (χ4v) is 3.05. The van der Waals surface area contributed by atoms with Crippen molar-refractivity contribution in [2.45, 2.75) is 32.7 Å². The number of carbonyl (C=O) groups is 1. The van der Waals surface area contributed by atoms with Gasteiger partial charge >= 0.3 is 0 Å². The third kappa shape index (κ3) is 5.23. The third-order valence-corrected chi connectivity index (χ3v) is 4.29. The molecule has 1 atom stereocenters. The SMILES string of the molecule is CCCc1cc(C)c(OCCO)c(C(Nc2ccc(C(=N)N)cc2)C(=O)[O-])c1. The summed E-state index contributed by atoms with van der Waals surface area (Å²) in [5.41, 5.74) is 8.80. The van der Waals surface area contributed by atoms with Gasteiger partial charge in [0.25, 0.3) is 0 Å². The molecule has 7 nitrogen and oxygen atoms in total. The van der Waals surface area contributed by atoms with Crippen molar-refractivity contribution in [3.05, 3.63) is 58.7 Å². The van der Waals surface area contributed by atoms with Crippen molar-refractivity contribution >= 4 is 17.5 Å². The van der Waals surface area contributed by atoms with Gasteiger partial charge in [-0.25, -0.2) is 0 Å². The molecule has 0 aromatic heterocycles. The number of hydrogen-bond donors (Lipinski definition) is 4. The highest BCUT2D eigenvalue weighted by atomic mass is 16.5. The summed E-state index contributed by atoms with van der Waals surface area (Å²) in [7, 11) is 0. The number of nitrogen functional groups attached to an aromatic ring is 1. The van der Waals surface area contributed by atoms with Crippen molar-refractivity contribution in [1.82, 2.24) is 0 Å². The number of aliphatic hydroxyl groups excluding tert-OH is 1. The molecule has 2 aromatic carbocycles. The molecule has 2 rings (SSSR count). The van der Waals surface area contributed by atoms with Gasteiger partial charge in [0.15, 0.2) is 0 Å². The first kappa shape index (κ1) is 21.2. The standard InChI is InChI=1S/C21H27N3O4/c1-3-4-14-11-13(2)19(28-10-9-25)17(12-14)18(21(26)27)24-16-7-5-15(6-8-16)20(22)23/h5-8,11-12,18,24-25H,3-4,9-10H2,1-2H3,(H3,22,23)(H,26,27)/p-1. The van der Waals surface area contributed by atoms with Gasteiger partial charge in [0.2, 0.25) is 0 Å². The van der Waals surface area contributed by atoms with Crippen LogP contribution < -0.4 is 20.9 Å². The number of hydrogen-bond acceptors (Lipinski definition) is 6. The summed E-state index contributed by atoms with van der Waals surface area (Å²) in [6.45, 7) is 3.79. The maximum atomic E-state index is 12.0. The van der Waals surface area contributed by atoms with Crippen molar-refractivity contribution in [2.24, 2.45) is 5.73 Å². The number of aryl methyl sites for hydroxylation is 2. The molecule has 0 amide bonds. The topological polar surface area (TPSA) is 131 Å². The van der Waals surface area contributed by atoms with Gasteiger partial charge in [0.05, 0.1) is 18.6 Å². The number of carboxylic acids is 1. The summed E-state index contributed by atoms with van der Waals surface area (Å²) < 4.78 is 5.64. The zero-order valence-electron chi connectivity index (χ0n) is 16.1. The molecule has 0 aliphatic heterocycles. The molecular formula is C21H26N3O4-. The third-order valence-electron chi connectivity index (χ3n) is 4.29. The van der Waals surface area contributed by atoms with Crippen LogP contribution in [0.4, 0.5) is 5.69 Å². The highest BCUT2D eigenvalue weighted by molar-refractivity contribution is 5.95. The Labute approximate surface area is 164 Å². The normalized spacial score (nSPS) is 11.7. The molecule has 7 heteroatoms. The maximum Gasteiger partial charge on any atom is 0.128 e. The van der Waals surface area contributed by atoms with Crippen LogP contribution in [0.3, 0.4) is 0 Å². The lowest BCUT2D eigenvalue weighted by molar-refractivity contribution is -0.307. The predicted molar refractivity (Wildman–Crippen MR) is 107 cm³/mol. The Hall–Kier alpha value is -3.06. The van der Waals surface area contributed by atoms with Gasteiger partial charge in [-0.05, 0) is 54.8 Å². The highest BCUT2D eigenvalue weighted by Crippen LogP contribution is 2.33. The Morgan fingerprint density at radius 2 is 2.00 bits per heavy atom. The molecule has 1 unspecified atom stereocenters. The molecule has 0 saturated heterocycles. The molecule has 2 aromatic rings. The molecule has 0 aliphatic carbocycles. The zero-order valence-corrected chi connectivity index (χ0v) is 16.1. The summed E-state index contributed by atoms with van der Waals surface area (Å²) in [5.74, 6) is -0.931. The Morgan fingerprint density at radius 3 is 2.54 bits per heavy atom. The Balaban J connectivity index is 2.44. The van der Waals surface area contributed by atoms with Crippen LogP contribution in [-0.4, -0.2) is 30.1 Å². The van der Waals surface area contributed by atoms with Crippen molar-refractivity contribution in [2.75, 3.05) is 18.5 Å². The molecule has 0 spiro atoms. The van der Waals surface area contributed by atoms with Crippen LogP contribution in [0.2, 0.25) is 0 Å². The summed E-state index contributed by atoms with van der Waals surface area (Å²) in [4.78, 5) is 12.0. The van der Waals surface area contributed by atoms with Crippen LogP contribution in [0.1, 0.15) is 41.6 Å². The number of carbonyl (C=O) groups excluding carboxylic acids is 1. The number of nitrogens with one attached hydrogen (secondary N) is 2. The maximum absolute atomic E-state index is 12.0. The van der Waals surface area contributed by atoms with Gasteiger partial charge in [0.1, 0.15) is 18.2 Å². The monoisotopic (exact) mass is 384 g/mol. The molecule has 5 N–H and O–H groups in total. The average Bonchev–Trinajstić information content (AvgIpc) is 2.65. The molecule has 0 heterocycles. The molecule has 0 radical (unpaired) electrons. The number of benzene rings is 2. The van der Waals surface area contributed by atoms with E-state index in [1.165, 1.54) is 0 Å². The van der Waals surface area contributed by atoms with Crippen LogP contribution in [0.25, 0.3) is 0 Å². The van der Waals surface area contributed by atoms with Gasteiger partial charge in [-0.3, -0.25) is 5.41 Å². The minimum Gasteiger partial charge on any atom is -0.548 e. The smallest absolute Gasteiger partial charge is 0.128 e. The molecular weight excluding hydrogens is 358 g/mol. The van der Waals surface area contributed by atoms with Crippen molar-refractivity contribution in [3.8, 4) is 5.75 Å². The molecule has 28 heavy (non-hydrogen) atoms. The number of amidine groups is 1. The van der Waals surface area contributed by atoms with E-state index >= 15 is 0 Å². The van der Waals surface area contributed by atoms with Gasteiger partial charge in [-0.2, -0.15) is 0 Å². The minimum absolute atomic E-state index is 0.0635. The Morgan fingerprint density at radius 1 is 1.32 bits per heavy atom. The summed E-state index contributed by atoms with van der Waals surface area (Å²) in [5, 5.41) is 31.5. The van der Waals surface area contributed by atoms with E-state index in [0.29, 0.717) is 22.6 Å². The molecule has 0 aliphatic rings. The first-order chi connectivity index (χ1) is 13.4. The van der Waals surface area contributed by atoms with E-state index in [1.807, 2.05) is 13.0 Å². The van der Waals surface area contributed by atoms with Gasteiger partial charge in [-0.15, -0.1) is 0 Å². The number of rotatable bonds is 10. The number of carboxylic acid groups (broad SMARTS) is 1. The van der Waals surface area contributed by atoms with Crippen molar-refractivity contribution < 1.29 is 19.7 Å². The Bertz CT molecular complexity index is 834. The lowest BCUT2D eigenvalue weighted by atomic mass is 9.96. The fourth-order valence-electron chi connectivity index (χ4n) is 3.05. The number of nitrogens with two attached hydrogens (primary N) is 1. The van der Waals surface area contributed by atoms with Crippen LogP contribution in [0.15, 0.2) is 36.4 Å². The average molecular weight is 384 g/mol. The predicted octanol–water partition coefficient (Wildman–Crippen LogP) is 1.51. The lowest BCUT2D eigenvalue weighted by Crippen LogP contribution is -2.34. The molecule has 150 valence electrons. The van der Waals surface area contributed by atoms with Crippen molar-refractivity contribution in [3.63, 3.8) is 0 Å². The molecule has 0 fully saturated rings. The fraction of sp³-hybridized carbons (Fsp3) is 0.333. The Kier molecular flexibility index (Phi) is 7.40. The van der Waals surface area contributed by atoms with E-state index in [1.54, 1.807) is 30.3 Å². The van der Waals surface area contributed by atoms with E-state index in [0.717, 1.165) is 24.0 Å². The van der Waals surface area contributed by atoms with E-state index in [2.05, 4.69) is 12.2 Å². The lowest BCUT2D eigenvalue weighted by Gasteiger charge is -2.25. The second-order valence-corrected chi connectivity index (χ2v) is 6.54. The second-order valence-electron chi connectivity index (χ2n) is 6.54. The number of anilines is 1. The number of ether oxygens (including phenoxy) is 1. The van der Waals surface area contributed by atoms with Gasteiger partial charge in [0, 0.05) is 16.8 Å². The first-order valence-electron chi connectivity index (χ1n) is 9.16. The largest absolute Gasteiger partial charge is 0.548 e. The first-order valence-corrected chi connectivity index (χ1v) is 9.16. The van der Waals surface area contributed by atoms with Crippen molar-refractivity contribution in [1.29, 1.82) is 5.41 Å². The van der Waals surface area contributed by atoms with Gasteiger partial charge in [-0.1, -0.05) is 19.4 Å². The number of aliphatic carboxylic acids is 1. The van der Waals surface area contributed by atoms with Crippen LogP contribution >= 0.6 is 0 Å². The summed E-state index contributed by atoms with van der Waals surface area (Å²) >= 11 is 0. The summed E-state index contributed by atoms with van der Waals surface area (Å²) in [6.07, 6.45) is 1.73. The zero-order chi connectivity index (χ0) is 20.7. The van der Waals surface area contributed by atoms with Crippen LogP contribution in [-0.2, 0) is 11.2 Å². The van der Waals surface area contributed by atoms with E-state index < -0.39 is 12.0 Å². The number of aliphatic hydroxyl groups is 1. The quantitative estimate of drug-likeness (QED) is 0.363. The highest BCUT2D eigenvalue weighted by Gasteiger charge is 2.21. The van der Waals surface area contributed by atoms with E-state index in [-0.39, 0.29) is 19.0 Å².